The SMILES string of the molecule is CCn1nccc1CNc1cnc2[nH]ncc2c1. The third kappa shape index (κ3) is 1.92. The minimum Gasteiger partial charge on any atom is -0.378 e. The van der Waals surface area contributed by atoms with Gasteiger partial charge in [0, 0.05) is 18.1 Å². The number of H-pyrrole nitrogens is 1. The van der Waals surface area contributed by atoms with Gasteiger partial charge >= 0.3 is 0 Å². The average molecular weight is 242 g/mol. The number of pyridine rings is 1. The lowest BCUT2D eigenvalue weighted by Crippen LogP contribution is -2.07. The summed E-state index contributed by atoms with van der Waals surface area (Å²) in [7, 11) is 0. The molecule has 0 radical (unpaired) electrons. The molecular weight excluding hydrogens is 228 g/mol. The number of nitrogens with one attached hydrogen (secondary N) is 2. The molecule has 0 aromatic carbocycles. The molecule has 0 atom stereocenters. The van der Waals surface area contributed by atoms with Crippen molar-refractivity contribution in [1.82, 2.24) is 25.0 Å². The maximum absolute atomic E-state index is 4.28. The molecule has 18 heavy (non-hydrogen) atoms. The lowest BCUT2D eigenvalue weighted by atomic mass is 10.3. The van der Waals surface area contributed by atoms with Crippen LogP contribution in [-0.2, 0) is 13.1 Å². The molecule has 6 nitrogen and oxygen atoms in total. The molecule has 0 saturated heterocycles. The van der Waals surface area contributed by atoms with Gasteiger partial charge in [-0.3, -0.25) is 9.78 Å². The van der Waals surface area contributed by atoms with Crippen LogP contribution >= 0.6 is 0 Å². The van der Waals surface area contributed by atoms with E-state index in [0.29, 0.717) is 0 Å². The zero-order valence-electron chi connectivity index (χ0n) is 10.1. The van der Waals surface area contributed by atoms with Crippen molar-refractivity contribution in [2.24, 2.45) is 0 Å². The number of hydrogen-bond acceptors (Lipinski definition) is 4. The summed E-state index contributed by atoms with van der Waals surface area (Å²) in [4.78, 5) is 4.28. The fraction of sp³-hybridized carbons (Fsp3) is 0.250. The van der Waals surface area contributed by atoms with Gasteiger partial charge in [0.15, 0.2) is 5.65 Å². The number of aromatic amines is 1. The summed E-state index contributed by atoms with van der Waals surface area (Å²) < 4.78 is 1.97. The minimum absolute atomic E-state index is 0.735. The van der Waals surface area contributed by atoms with Crippen molar-refractivity contribution in [3.8, 4) is 0 Å². The first-order valence-electron chi connectivity index (χ1n) is 5.90. The summed E-state index contributed by atoms with van der Waals surface area (Å²) in [6.45, 7) is 3.69. The van der Waals surface area contributed by atoms with Gasteiger partial charge in [-0.2, -0.15) is 10.2 Å². The van der Waals surface area contributed by atoms with E-state index in [-0.39, 0.29) is 0 Å². The highest BCUT2D eigenvalue weighted by atomic mass is 15.3. The van der Waals surface area contributed by atoms with Crippen LogP contribution in [0.4, 0.5) is 5.69 Å². The molecule has 0 aliphatic rings. The zero-order chi connectivity index (χ0) is 12.4. The van der Waals surface area contributed by atoms with Crippen LogP contribution in [0.5, 0.6) is 0 Å². The number of nitrogens with zero attached hydrogens (tertiary/aromatic N) is 4. The number of aryl methyl sites for hydroxylation is 1. The Labute approximate surface area is 104 Å². The lowest BCUT2D eigenvalue weighted by molar-refractivity contribution is 0.627. The van der Waals surface area contributed by atoms with Crippen molar-refractivity contribution in [2.45, 2.75) is 20.0 Å². The van der Waals surface area contributed by atoms with Gasteiger partial charge in [0.1, 0.15) is 0 Å². The number of anilines is 1. The number of aromatic nitrogens is 5. The van der Waals surface area contributed by atoms with Crippen LogP contribution in [0.15, 0.2) is 30.7 Å². The second kappa shape index (κ2) is 4.48. The van der Waals surface area contributed by atoms with Gasteiger partial charge in [0.05, 0.1) is 30.3 Å². The first-order chi connectivity index (χ1) is 8.86. The normalized spacial score (nSPS) is 10.9. The predicted molar refractivity (Wildman–Crippen MR) is 69.1 cm³/mol. The quantitative estimate of drug-likeness (QED) is 0.731. The largest absolute Gasteiger partial charge is 0.378 e. The molecule has 92 valence electrons. The molecular formula is C12H14N6. The van der Waals surface area contributed by atoms with Crippen LogP contribution < -0.4 is 5.32 Å². The van der Waals surface area contributed by atoms with Crippen LogP contribution in [0.25, 0.3) is 11.0 Å². The molecule has 3 aromatic rings. The fourth-order valence-electron chi connectivity index (χ4n) is 1.92. The summed E-state index contributed by atoms with van der Waals surface area (Å²) in [5.41, 5.74) is 2.94. The molecule has 2 N–H and O–H groups in total. The second-order valence-corrected chi connectivity index (χ2v) is 4.02. The van der Waals surface area contributed by atoms with E-state index in [1.807, 2.05) is 23.0 Å². The highest BCUT2D eigenvalue weighted by molar-refractivity contribution is 5.77. The Morgan fingerprint density at radius 3 is 3.22 bits per heavy atom. The van der Waals surface area contributed by atoms with Gasteiger partial charge in [-0.15, -0.1) is 0 Å². The Bertz CT molecular complexity index is 653. The zero-order valence-corrected chi connectivity index (χ0v) is 10.1. The van der Waals surface area contributed by atoms with E-state index in [1.165, 1.54) is 0 Å². The van der Waals surface area contributed by atoms with Gasteiger partial charge in [-0.25, -0.2) is 4.98 Å². The van der Waals surface area contributed by atoms with E-state index < -0.39 is 0 Å². The average Bonchev–Trinajstić information content (AvgIpc) is 3.04. The Hall–Kier alpha value is -2.37. The molecule has 0 aliphatic carbocycles. The number of fused-ring (bicyclic) bond motifs is 1. The van der Waals surface area contributed by atoms with E-state index >= 15 is 0 Å². The second-order valence-electron chi connectivity index (χ2n) is 4.02. The molecule has 0 fully saturated rings. The van der Waals surface area contributed by atoms with Crippen LogP contribution in [0.2, 0.25) is 0 Å². The molecule has 0 unspecified atom stereocenters. The van der Waals surface area contributed by atoms with Gasteiger partial charge < -0.3 is 5.32 Å². The molecule has 0 saturated carbocycles. The number of rotatable bonds is 4. The Kier molecular flexibility index (Phi) is 2.68. The highest BCUT2D eigenvalue weighted by Crippen LogP contribution is 2.14. The van der Waals surface area contributed by atoms with Crippen molar-refractivity contribution in [3.63, 3.8) is 0 Å². The third-order valence-electron chi connectivity index (χ3n) is 2.87. The topological polar surface area (TPSA) is 71.4 Å². The van der Waals surface area contributed by atoms with Crippen LogP contribution in [-0.4, -0.2) is 25.0 Å². The summed E-state index contributed by atoms with van der Waals surface area (Å²) >= 11 is 0. The Balaban J connectivity index is 1.76. The molecule has 0 aliphatic heterocycles. The summed E-state index contributed by atoms with van der Waals surface area (Å²) in [5, 5.41) is 15.4. The van der Waals surface area contributed by atoms with E-state index in [2.05, 4.69) is 32.5 Å². The summed E-state index contributed by atoms with van der Waals surface area (Å²) in [5.74, 6) is 0. The van der Waals surface area contributed by atoms with Gasteiger partial charge in [0.2, 0.25) is 0 Å². The van der Waals surface area contributed by atoms with Crippen LogP contribution in [0, 0.1) is 0 Å². The number of hydrogen-bond donors (Lipinski definition) is 2. The monoisotopic (exact) mass is 242 g/mol. The van der Waals surface area contributed by atoms with E-state index in [9.17, 15) is 0 Å². The van der Waals surface area contributed by atoms with Gasteiger partial charge in [-0.05, 0) is 19.1 Å². The molecule has 3 heterocycles. The summed E-state index contributed by atoms with van der Waals surface area (Å²) in [6.07, 6.45) is 5.38. The highest BCUT2D eigenvalue weighted by Gasteiger charge is 2.02. The summed E-state index contributed by atoms with van der Waals surface area (Å²) in [6, 6.07) is 4.04. The van der Waals surface area contributed by atoms with Crippen molar-refractivity contribution in [2.75, 3.05) is 5.32 Å². The molecule has 0 bridgehead atoms. The third-order valence-corrected chi connectivity index (χ3v) is 2.87. The smallest absolute Gasteiger partial charge is 0.155 e. The fourth-order valence-corrected chi connectivity index (χ4v) is 1.92. The van der Waals surface area contributed by atoms with Crippen molar-refractivity contribution < 1.29 is 0 Å². The van der Waals surface area contributed by atoms with E-state index in [1.54, 1.807) is 12.4 Å². The van der Waals surface area contributed by atoms with E-state index in [0.717, 1.165) is 35.5 Å². The molecule has 6 heteroatoms. The van der Waals surface area contributed by atoms with Gasteiger partial charge in [0.25, 0.3) is 0 Å². The molecule has 3 aromatic heterocycles. The van der Waals surface area contributed by atoms with E-state index in [4.69, 9.17) is 0 Å². The Morgan fingerprint density at radius 2 is 2.33 bits per heavy atom. The minimum atomic E-state index is 0.735. The van der Waals surface area contributed by atoms with Crippen molar-refractivity contribution in [1.29, 1.82) is 0 Å². The molecule has 3 rings (SSSR count). The first-order valence-corrected chi connectivity index (χ1v) is 5.90. The first kappa shape index (κ1) is 10.8. The maximum Gasteiger partial charge on any atom is 0.155 e. The lowest BCUT2D eigenvalue weighted by Gasteiger charge is -2.07. The van der Waals surface area contributed by atoms with Crippen molar-refractivity contribution >= 4 is 16.7 Å². The van der Waals surface area contributed by atoms with Crippen LogP contribution in [0.3, 0.4) is 0 Å². The molecule has 0 amide bonds. The molecule has 0 spiro atoms. The van der Waals surface area contributed by atoms with Gasteiger partial charge in [-0.1, -0.05) is 0 Å². The predicted octanol–water partition coefficient (Wildman–Crippen LogP) is 1.79. The standard InChI is InChI=1S/C12H14N6/c1-2-18-11(3-4-16-18)8-13-10-5-9-6-15-17-12(9)14-7-10/h3-7,13H,2,8H2,1H3,(H,14,15,17). The van der Waals surface area contributed by atoms with Crippen LogP contribution in [0.1, 0.15) is 12.6 Å². The van der Waals surface area contributed by atoms with Crippen molar-refractivity contribution in [3.05, 3.63) is 36.4 Å². The Morgan fingerprint density at radius 1 is 1.39 bits per heavy atom. The maximum atomic E-state index is 4.28.